The van der Waals surface area contributed by atoms with Gasteiger partial charge in [-0.25, -0.2) is 4.79 Å². The Kier molecular flexibility index (Phi) is 5.94. The number of fused-ring (bicyclic) bond motifs is 3. The molecule has 3 aliphatic heterocycles. The molecule has 32 heavy (non-hydrogen) atoms. The average molecular weight is 453 g/mol. The second-order valence-corrected chi connectivity index (χ2v) is 8.25. The van der Waals surface area contributed by atoms with Crippen LogP contribution in [0.1, 0.15) is 40.4 Å². The van der Waals surface area contributed by atoms with E-state index in [0.29, 0.717) is 13.0 Å². The van der Waals surface area contributed by atoms with Gasteiger partial charge >= 0.3 is 5.97 Å². The lowest BCUT2D eigenvalue weighted by Gasteiger charge is -2.45. The zero-order chi connectivity index (χ0) is 23.3. The van der Waals surface area contributed by atoms with Crippen molar-refractivity contribution in [1.82, 2.24) is 4.90 Å². The van der Waals surface area contributed by atoms with Crippen molar-refractivity contribution in [2.75, 3.05) is 20.3 Å². The molecule has 0 saturated carbocycles. The molecular formula is C21H27NO10. The van der Waals surface area contributed by atoms with E-state index in [1.165, 1.54) is 7.11 Å². The molecule has 0 radical (unpaired) electrons. The molecule has 0 aliphatic carbocycles. The van der Waals surface area contributed by atoms with Crippen LogP contribution in [-0.2, 0) is 16.0 Å². The molecule has 3 heterocycles. The van der Waals surface area contributed by atoms with Crippen LogP contribution in [0.15, 0.2) is 12.3 Å². The van der Waals surface area contributed by atoms with Gasteiger partial charge in [0.1, 0.15) is 30.2 Å². The molecule has 1 aromatic rings. The van der Waals surface area contributed by atoms with Gasteiger partial charge in [-0.1, -0.05) is 6.58 Å². The Morgan fingerprint density at radius 2 is 1.97 bits per heavy atom. The molecule has 4 rings (SSSR count). The monoisotopic (exact) mass is 453 g/mol. The highest BCUT2D eigenvalue weighted by Gasteiger charge is 2.53. The summed E-state index contributed by atoms with van der Waals surface area (Å²) in [6.07, 6.45) is -5.45. The van der Waals surface area contributed by atoms with E-state index in [4.69, 9.17) is 14.2 Å². The lowest BCUT2D eigenvalue weighted by Crippen LogP contribution is -2.58. The zero-order valence-electron chi connectivity index (χ0n) is 17.5. The van der Waals surface area contributed by atoms with Gasteiger partial charge in [0.05, 0.1) is 25.3 Å². The summed E-state index contributed by atoms with van der Waals surface area (Å²) in [4.78, 5) is 14.8. The number of phenols is 2. The molecule has 0 spiro atoms. The number of esters is 1. The molecule has 2 saturated heterocycles. The Balaban J connectivity index is 1.86. The zero-order valence-corrected chi connectivity index (χ0v) is 17.5. The van der Waals surface area contributed by atoms with Crippen molar-refractivity contribution in [3.8, 4) is 17.2 Å². The van der Waals surface area contributed by atoms with Gasteiger partial charge in [0.25, 0.3) is 0 Å². The van der Waals surface area contributed by atoms with Gasteiger partial charge < -0.3 is 44.8 Å². The van der Waals surface area contributed by atoms with Crippen LogP contribution >= 0.6 is 0 Å². The fourth-order valence-corrected chi connectivity index (χ4v) is 4.86. The number of ether oxygens (including phenoxy) is 3. The van der Waals surface area contributed by atoms with Crippen molar-refractivity contribution >= 4 is 5.97 Å². The minimum absolute atomic E-state index is 0.0101. The maximum absolute atomic E-state index is 13.0. The number of carbonyl (C=O) groups excluding carboxylic acids is 1. The summed E-state index contributed by atoms with van der Waals surface area (Å²) in [7, 11) is 1.23. The van der Waals surface area contributed by atoms with E-state index in [-0.39, 0.29) is 40.8 Å². The highest BCUT2D eigenvalue weighted by molar-refractivity contribution is 5.97. The van der Waals surface area contributed by atoms with Crippen molar-refractivity contribution in [2.45, 2.75) is 55.9 Å². The summed E-state index contributed by atoms with van der Waals surface area (Å²) in [5.74, 6) is -2.30. The van der Waals surface area contributed by atoms with Crippen molar-refractivity contribution in [3.05, 3.63) is 29.0 Å². The SMILES string of the molecule is C=C(O)C1CCCN1Cc1c(O)c(OC)c(O)c2c1C(=O)OC1C2OC(CO)C(O)C1O. The van der Waals surface area contributed by atoms with Crippen LogP contribution in [0.25, 0.3) is 0 Å². The Hall–Kier alpha value is -2.57. The second kappa shape index (κ2) is 8.41. The molecule has 3 aliphatic rings. The number of likely N-dealkylation sites (tertiary alicyclic amines) is 1. The smallest absolute Gasteiger partial charge is 0.339 e. The molecule has 0 aromatic heterocycles. The average Bonchev–Trinajstić information content (AvgIpc) is 3.22. The molecule has 1 aromatic carbocycles. The van der Waals surface area contributed by atoms with Crippen LogP contribution in [0.3, 0.4) is 0 Å². The predicted octanol–water partition coefficient (Wildman–Crippen LogP) is -0.165. The summed E-state index contributed by atoms with van der Waals surface area (Å²) in [5, 5.41) is 61.8. The lowest BCUT2D eigenvalue weighted by atomic mass is 9.84. The lowest BCUT2D eigenvalue weighted by molar-refractivity contribution is -0.235. The summed E-state index contributed by atoms with van der Waals surface area (Å²) in [6, 6.07) is -0.376. The maximum Gasteiger partial charge on any atom is 0.339 e. The topological polar surface area (TPSA) is 169 Å². The van der Waals surface area contributed by atoms with E-state index in [9.17, 15) is 35.4 Å². The highest BCUT2D eigenvalue weighted by atomic mass is 16.6. The molecule has 0 bridgehead atoms. The molecular weight excluding hydrogens is 426 g/mol. The number of rotatable bonds is 5. The Morgan fingerprint density at radius 3 is 2.59 bits per heavy atom. The number of aromatic hydroxyl groups is 2. The number of phenolic OH excluding ortho intramolecular Hbond substituents is 2. The molecule has 0 amide bonds. The third-order valence-electron chi connectivity index (χ3n) is 6.45. The maximum atomic E-state index is 13.0. The third-order valence-corrected chi connectivity index (χ3v) is 6.45. The molecule has 2 fully saturated rings. The minimum Gasteiger partial charge on any atom is -0.511 e. The summed E-state index contributed by atoms with van der Waals surface area (Å²) >= 11 is 0. The number of nitrogens with zero attached hydrogens (tertiary/aromatic N) is 1. The van der Waals surface area contributed by atoms with Crippen LogP contribution < -0.4 is 4.74 Å². The van der Waals surface area contributed by atoms with Crippen LogP contribution in [0, 0.1) is 0 Å². The number of hydrogen-bond donors (Lipinski definition) is 6. The van der Waals surface area contributed by atoms with E-state index in [2.05, 4.69) is 6.58 Å². The van der Waals surface area contributed by atoms with Gasteiger partial charge in [0.15, 0.2) is 17.6 Å². The van der Waals surface area contributed by atoms with E-state index < -0.39 is 54.6 Å². The van der Waals surface area contributed by atoms with Crippen LogP contribution in [0.5, 0.6) is 17.2 Å². The third kappa shape index (κ3) is 3.37. The van der Waals surface area contributed by atoms with E-state index >= 15 is 0 Å². The Bertz CT molecular complexity index is 934. The first-order chi connectivity index (χ1) is 15.2. The fourth-order valence-electron chi connectivity index (χ4n) is 4.86. The van der Waals surface area contributed by atoms with Gasteiger partial charge in [0, 0.05) is 17.7 Å². The largest absolute Gasteiger partial charge is 0.511 e. The second-order valence-electron chi connectivity index (χ2n) is 8.25. The summed E-state index contributed by atoms with van der Waals surface area (Å²) in [5.41, 5.74) is -0.133. The number of aliphatic hydroxyl groups excluding tert-OH is 4. The van der Waals surface area contributed by atoms with Gasteiger partial charge in [0.2, 0.25) is 5.75 Å². The molecule has 11 heteroatoms. The van der Waals surface area contributed by atoms with Gasteiger partial charge in [-0.05, 0) is 19.4 Å². The van der Waals surface area contributed by atoms with Crippen LogP contribution in [0.2, 0.25) is 0 Å². The van der Waals surface area contributed by atoms with E-state index in [1.54, 1.807) is 0 Å². The van der Waals surface area contributed by atoms with Crippen LogP contribution in [0.4, 0.5) is 0 Å². The van der Waals surface area contributed by atoms with Crippen molar-refractivity contribution in [3.63, 3.8) is 0 Å². The fraction of sp³-hybridized carbons (Fsp3) is 0.571. The first-order valence-corrected chi connectivity index (χ1v) is 10.3. The number of methoxy groups -OCH3 is 1. The molecule has 11 nitrogen and oxygen atoms in total. The number of aliphatic hydroxyl groups is 4. The Morgan fingerprint density at radius 1 is 1.25 bits per heavy atom. The standard InChI is InChI=1S/C21H27NO10/c1-8(24)10-4-3-5-22(10)6-9-12-13(16(27)19(30-2)14(9)25)18-20(32-21(12)29)17(28)15(26)11(7-23)31-18/h10-11,15,17-18,20,23-28H,1,3-7H2,2H3. The number of carbonyl (C=O) groups is 1. The predicted molar refractivity (Wildman–Crippen MR) is 107 cm³/mol. The summed E-state index contributed by atoms with van der Waals surface area (Å²) in [6.45, 7) is 3.54. The Labute approximate surface area is 183 Å². The number of benzene rings is 1. The van der Waals surface area contributed by atoms with Gasteiger partial charge in [-0.15, -0.1) is 0 Å². The van der Waals surface area contributed by atoms with E-state index in [1.807, 2.05) is 4.90 Å². The molecule has 6 N–H and O–H groups in total. The van der Waals surface area contributed by atoms with E-state index in [0.717, 1.165) is 6.42 Å². The number of hydrogen-bond acceptors (Lipinski definition) is 11. The quantitative estimate of drug-likeness (QED) is 0.259. The molecule has 6 atom stereocenters. The first-order valence-electron chi connectivity index (χ1n) is 10.3. The molecule has 6 unspecified atom stereocenters. The summed E-state index contributed by atoms with van der Waals surface area (Å²) < 4.78 is 16.2. The van der Waals surface area contributed by atoms with Crippen molar-refractivity contribution in [1.29, 1.82) is 0 Å². The van der Waals surface area contributed by atoms with Gasteiger partial charge in [-0.3, -0.25) is 4.90 Å². The molecule has 176 valence electrons. The van der Waals surface area contributed by atoms with Crippen molar-refractivity contribution < 1.29 is 49.6 Å². The first kappa shape index (κ1) is 22.6. The van der Waals surface area contributed by atoms with Crippen LogP contribution in [-0.4, -0.2) is 92.2 Å². The van der Waals surface area contributed by atoms with Crippen molar-refractivity contribution in [2.24, 2.45) is 0 Å². The highest BCUT2D eigenvalue weighted by Crippen LogP contribution is 2.52. The normalized spacial score (nSPS) is 32.2. The van der Waals surface area contributed by atoms with Gasteiger partial charge in [-0.2, -0.15) is 0 Å². The minimum atomic E-state index is -1.58.